The van der Waals surface area contributed by atoms with E-state index in [2.05, 4.69) is 18.8 Å². The third kappa shape index (κ3) is 1.89. The van der Waals surface area contributed by atoms with Gasteiger partial charge in [-0.3, -0.25) is 4.99 Å². The van der Waals surface area contributed by atoms with Crippen molar-refractivity contribution in [3.63, 3.8) is 0 Å². The molecule has 0 radical (unpaired) electrons. The van der Waals surface area contributed by atoms with Crippen LogP contribution in [0.2, 0.25) is 0 Å². The second-order valence-corrected chi connectivity index (χ2v) is 4.57. The van der Waals surface area contributed by atoms with Gasteiger partial charge in [0.05, 0.1) is 5.54 Å². The summed E-state index contributed by atoms with van der Waals surface area (Å²) >= 11 is 0. The van der Waals surface area contributed by atoms with E-state index < -0.39 is 0 Å². The van der Waals surface area contributed by atoms with E-state index in [1.165, 1.54) is 0 Å². The number of fused-ring (bicyclic) bond motifs is 1. The topological polar surface area (TPSA) is 12.4 Å². The van der Waals surface area contributed by atoms with E-state index in [1.54, 1.807) is 12.1 Å². The van der Waals surface area contributed by atoms with Crippen molar-refractivity contribution < 1.29 is 4.39 Å². The average Bonchev–Trinajstić information content (AvgIpc) is 2.31. The van der Waals surface area contributed by atoms with Gasteiger partial charge in [-0.25, -0.2) is 4.39 Å². The molecule has 1 aromatic rings. The monoisotopic (exact) mass is 219 g/mol. The maximum Gasteiger partial charge on any atom is 0.127 e. The van der Waals surface area contributed by atoms with Gasteiger partial charge in [0.15, 0.2) is 0 Å². The van der Waals surface area contributed by atoms with Crippen LogP contribution in [0, 0.1) is 5.82 Å². The summed E-state index contributed by atoms with van der Waals surface area (Å²) in [4.78, 5) is 4.66. The minimum absolute atomic E-state index is 0.0655. The van der Waals surface area contributed by atoms with E-state index in [0.29, 0.717) is 0 Å². The number of hydrogen-bond acceptors (Lipinski definition) is 1. The van der Waals surface area contributed by atoms with Crippen LogP contribution < -0.4 is 0 Å². The molecule has 0 N–H and O–H groups in total. The van der Waals surface area contributed by atoms with Crippen molar-refractivity contribution in [3.05, 3.63) is 35.1 Å². The lowest BCUT2D eigenvalue weighted by Gasteiger charge is -2.32. The van der Waals surface area contributed by atoms with Gasteiger partial charge in [-0.05, 0) is 30.0 Å². The molecule has 1 aliphatic heterocycles. The summed E-state index contributed by atoms with van der Waals surface area (Å²) in [7, 11) is 0. The van der Waals surface area contributed by atoms with Crippen LogP contribution in [0.25, 0.3) is 0 Å². The van der Waals surface area contributed by atoms with Crippen molar-refractivity contribution in [2.75, 3.05) is 0 Å². The SMILES string of the molecule is CCCC1(CC)Cc2c(F)cccc2C=N1. The quantitative estimate of drug-likeness (QED) is 0.734. The van der Waals surface area contributed by atoms with Gasteiger partial charge in [-0.15, -0.1) is 0 Å². The van der Waals surface area contributed by atoms with Crippen molar-refractivity contribution in [1.29, 1.82) is 0 Å². The van der Waals surface area contributed by atoms with E-state index in [1.807, 2.05) is 12.3 Å². The molecule has 86 valence electrons. The molecule has 0 saturated carbocycles. The Morgan fingerprint density at radius 3 is 2.88 bits per heavy atom. The highest BCUT2D eigenvalue weighted by atomic mass is 19.1. The summed E-state index contributed by atoms with van der Waals surface area (Å²) in [5.41, 5.74) is 1.72. The van der Waals surface area contributed by atoms with Crippen LogP contribution in [0.5, 0.6) is 0 Å². The zero-order chi connectivity index (χ0) is 11.6. The largest absolute Gasteiger partial charge is 0.286 e. The van der Waals surface area contributed by atoms with Crippen molar-refractivity contribution in [2.24, 2.45) is 4.99 Å². The second-order valence-electron chi connectivity index (χ2n) is 4.57. The van der Waals surface area contributed by atoms with E-state index in [0.717, 1.165) is 36.8 Å². The third-order valence-electron chi connectivity index (χ3n) is 3.51. The molecule has 16 heavy (non-hydrogen) atoms. The lowest BCUT2D eigenvalue weighted by Crippen LogP contribution is -2.32. The van der Waals surface area contributed by atoms with Crippen molar-refractivity contribution >= 4 is 6.21 Å². The second kappa shape index (κ2) is 4.36. The van der Waals surface area contributed by atoms with Crippen LogP contribution in [-0.4, -0.2) is 11.8 Å². The summed E-state index contributed by atoms with van der Waals surface area (Å²) in [6, 6.07) is 5.23. The van der Waals surface area contributed by atoms with Gasteiger partial charge in [-0.2, -0.15) is 0 Å². The maximum absolute atomic E-state index is 13.7. The van der Waals surface area contributed by atoms with Crippen LogP contribution >= 0.6 is 0 Å². The van der Waals surface area contributed by atoms with Gasteiger partial charge in [0.25, 0.3) is 0 Å². The first kappa shape index (κ1) is 11.3. The van der Waals surface area contributed by atoms with Crippen molar-refractivity contribution in [2.45, 2.75) is 45.1 Å². The molecule has 2 rings (SSSR count). The molecule has 1 atom stereocenters. The Morgan fingerprint density at radius 2 is 2.19 bits per heavy atom. The van der Waals surface area contributed by atoms with Crippen LogP contribution in [0.15, 0.2) is 23.2 Å². The smallest absolute Gasteiger partial charge is 0.127 e. The molecule has 0 aromatic heterocycles. The van der Waals surface area contributed by atoms with Gasteiger partial charge in [0.2, 0.25) is 0 Å². The first-order valence-electron chi connectivity index (χ1n) is 6.03. The molecule has 0 bridgehead atoms. The van der Waals surface area contributed by atoms with Gasteiger partial charge >= 0.3 is 0 Å². The highest BCUT2D eigenvalue weighted by Crippen LogP contribution is 2.32. The Labute approximate surface area is 96.4 Å². The first-order chi connectivity index (χ1) is 7.71. The Balaban J connectivity index is 2.38. The Hall–Kier alpha value is -1.18. The fourth-order valence-electron chi connectivity index (χ4n) is 2.48. The number of nitrogens with zero attached hydrogens (tertiary/aromatic N) is 1. The zero-order valence-electron chi connectivity index (χ0n) is 9.96. The highest BCUT2D eigenvalue weighted by molar-refractivity contribution is 5.83. The standard InChI is InChI=1S/C14H18FN/c1-3-8-14(4-2)9-12-11(10-16-14)6-5-7-13(12)15/h5-7,10H,3-4,8-9H2,1-2H3. The number of benzene rings is 1. The summed E-state index contributed by atoms with van der Waals surface area (Å²) in [6.07, 6.45) is 5.70. The van der Waals surface area contributed by atoms with Gasteiger partial charge < -0.3 is 0 Å². The summed E-state index contributed by atoms with van der Waals surface area (Å²) in [6.45, 7) is 4.29. The highest BCUT2D eigenvalue weighted by Gasteiger charge is 2.31. The summed E-state index contributed by atoms with van der Waals surface area (Å²) in [5.74, 6) is -0.0856. The van der Waals surface area contributed by atoms with E-state index in [-0.39, 0.29) is 11.4 Å². The minimum Gasteiger partial charge on any atom is -0.286 e. The first-order valence-corrected chi connectivity index (χ1v) is 6.03. The van der Waals surface area contributed by atoms with Gasteiger partial charge in [-0.1, -0.05) is 32.4 Å². The Bertz CT molecular complexity index is 411. The lowest BCUT2D eigenvalue weighted by atomic mass is 9.81. The molecule has 0 spiro atoms. The molecule has 1 heterocycles. The maximum atomic E-state index is 13.7. The van der Waals surface area contributed by atoms with E-state index in [4.69, 9.17) is 0 Å². The molecule has 0 fully saturated rings. The average molecular weight is 219 g/mol. The van der Waals surface area contributed by atoms with E-state index in [9.17, 15) is 4.39 Å². The zero-order valence-corrected chi connectivity index (χ0v) is 9.96. The number of halogens is 1. The van der Waals surface area contributed by atoms with Crippen LogP contribution in [0.3, 0.4) is 0 Å². The molecule has 2 heteroatoms. The number of rotatable bonds is 3. The van der Waals surface area contributed by atoms with Gasteiger partial charge in [0, 0.05) is 12.6 Å². The van der Waals surface area contributed by atoms with Crippen LogP contribution in [0.4, 0.5) is 4.39 Å². The molecule has 0 amide bonds. The molecular weight excluding hydrogens is 201 g/mol. The fraction of sp³-hybridized carbons (Fsp3) is 0.500. The predicted molar refractivity (Wildman–Crippen MR) is 65.6 cm³/mol. The predicted octanol–water partition coefficient (Wildman–Crippen LogP) is 3.75. The number of aliphatic imine (C=N–C) groups is 1. The molecular formula is C14H18FN. The normalized spacial score (nSPS) is 23.2. The van der Waals surface area contributed by atoms with Crippen molar-refractivity contribution in [1.82, 2.24) is 0 Å². The summed E-state index contributed by atoms with van der Waals surface area (Å²) < 4.78 is 13.7. The molecule has 0 aliphatic carbocycles. The van der Waals surface area contributed by atoms with E-state index >= 15 is 0 Å². The molecule has 1 nitrogen and oxygen atoms in total. The molecule has 1 aromatic carbocycles. The van der Waals surface area contributed by atoms with Crippen molar-refractivity contribution in [3.8, 4) is 0 Å². The Kier molecular flexibility index (Phi) is 3.08. The van der Waals surface area contributed by atoms with Crippen LogP contribution in [-0.2, 0) is 6.42 Å². The Morgan fingerprint density at radius 1 is 1.38 bits per heavy atom. The number of hydrogen-bond donors (Lipinski definition) is 0. The fourth-order valence-corrected chi connectivity index (χ4v) is 2.48. The lowest BCUT2D eigenvalue weighted by molar-refractivity contribution is 0.368. The molecule has 0 saturated heterocycles. The van der Waals surface area contributed by atoms with Crippen LogP contribution in [0.1, 0.15) is 44.2 Å². The molecule has 1 aliphatic rings. The van der Waals surface area contributed by atoms with Gasteiger partial charge in [0.1, 0.15) is 5.82 Å². The minimum atomic E-state index is -0.0856. The summed E-state index contributed by atoms with van der Waals surface area (Å²) in [5, 5.41) is 0. The third-order valence-corrected chi connectivity index (χ3v) is 3.51. The molecule has 1 unspecified atom stereocenters.